The van der Waals surface area contributed by atoms with Crippen molar-refractivity contribution in [3.8, 4) is 0 Å². The highest BCUT2D eigenvalue weighted by Crippen LogP contribution is 2.26. The predicted molar refractivity (Wildman–Crippen MR) is 86.0 cm³/mol. The Kier molecular flexibility index (Phi) is 4.40. The van der Waals surface area contributed by atoms with Crippen LogP contribution in [0.1, 0.15) is 15.9 Å². The fourth-order valence-electron chi connectivity index (χ4n) is 1.58. The van der Waals surface area contributed by atoms with E-state index in [1.54, 1.807) is 0 Å². The minimum atomic E-state index is -0.0914. The summed E-state index contributed by atoms with van der Waals surface area (Å²) < 4.78 is 1.86. The summed E-state index contributed by atoms with van der Waals surface area (Å²) in [5.41, 5.74) is 2.57. The molecule has 0 radical (unpaired) electrons. The second-order valence-corrected chi connectivity index (χ2v) is 5.83. The van der Waals surface area contributed by atoms with Gasteiger partial charge in [-0.05, 0) is 69.2 Å². The first-order chi connectivity index (χ1) is 8.59. The summed E-state index contributed by atoms with van der Waals surface area (Å²) in [6.45, 7) is 1.99. The zero-order valence-corrected chi connectivity index (χ0v) is 13.4. The highest BCUT2D eigenvalue weighted by atomic mass is 127. The quantitative estimate of drug-likeness (QED) is 0.712. The maximum Gasteiger partial charge on any atom is 0.256 e. The number of aryl methyl sites for hydroxylation is 1. The Morgan fingerprint density at radius 2 is 1.89 bits per heavy atom. The number of hydrogen-bond donors (Lipinski definition) is 1. The molecule has 0 aliphatic carbocycles. The van der Waals surface area contributed by atoms with E-state index in [2.05, 4.69) is 43.8 Å². The molecule has 0 spiro atoms. The van der Waals surface area contributed by atoms with Crippen molar-refractivity contribution in [3.63, 3.8) is 0 Å². The minimum Gasteiger partial charge on any atom is -0.321 e. The topological polar surface area (TPSA) is 29.1 Å². The van der Waals surface area contributed by atoms with Crippen molar-refractivity contribution in [1.82, 2.24) is 0 Å². The Morgan fingerprint density at radius 3 is 2.61 bits per heavy atom. The Morgan fingerprint density at radius 1 is 1.17 bits per heavy atom. The van der Waals surface area contributed by atoms with E-state index in [1.165, 1.54) is 0 Å². The van der Waals surface area contributed by atoms with E-state index in [0.717, 1.165) is 19.3 Å². The fourth-order valence-corrected chi connectivity index (χ4v) is 2.57. The largest absolute Gasteiger partial charge is 0.321 e. The molecule has 0 heterocycles. The molecule has 18 heavy (non-hydrogen) atoms. The van der Waals surface area contributed by atoms with Gasteiger partial charge in [0.2, 0.25) is 0 Å². The van der Waals surface area contributed by atoms with Gasteiger partial charge in [0.15, 0.2) is 0 Å². The third-order valence-electron chi connectivity index (χ3n) is 2.56. The third-order valence-corrected chi connectivity index (χ3v) is 4.55. The van der Waals surface area contributed by atoms with Crippen LogP contribution in [0.3, 0.4) is 0 Å². The maximum atomic E-state index is 12.2. The van der Waals surface area contributed by atoms with Gasteiger partial charge >= 0.3 is 0 Å². The molecular formula is C14H11BrINO. The number of nitrogens with one attached hydrogen (secondary N) is 1. The number of amides is 1. The Labute approximate surface area is 128 Å². The van der Waals surface area contributed by atoms with Gasteiger partial charge in [0.05, 0.1) is 11.3 Å². The highest BCUT2D eigenvalue weighted by molar-refractivity contribution is 14.1. The van der Waals surface area contributed by atoms with Crippen LogP contribution in [0.5, 0.6) is 0 Å². The molecule has 0 unspecified atom stereocenters. The molecule has 92 valence electrons. The number of anilines is 1. The normalized spacial score (nSPS) is 10.2. The first-order valence-corrected chi connectivity index (χ1v) is 7.28. The van der Waals surface area contributed by atoms with Crippen molar-refractivity contribution in [2.45, 2.75) is 6.92 Å². The number of halogens is 2. The summed E-state index contributed by atoms with van der Waals surface area (Å²) in [5.74, 6) is -0.0914. The Balaban J connectivity index is 2.27. The van der Waals surface area contributed by atoms with E-state index in [4.69, 9.17) is 0 Å². The lowest BCUT2D eigenvalue weighted by molar-refractivity contribution is 0.102. The van der Waals surface area contributed by atoms with E-state index < -0.39 is 0 Å². The van der Waals surface area contributed by atoms with Gasteiger partial charge in [0.25, 0.3) is 5.91 Å². The molecule has 2 nitrogen and oxygen atoms in total. The lowest BCUT2D eigenvalue weighted by Crippen LogP contribution is -2.13. The second kappa shape index (κ2) is 5.84. The van der Waals surface area contributed by atoms with Crippen LogP contribution in [0.15, 0.2) is 46.9 Å². The summed E-state index contributed by atoms with van der Waals surface area (Å²) in [7, 11) is 0. The highest BCUT2D eigenvalue weighted by Gasteiger charge is 2.11. The predicted octanol–water partition coefficient (Wildman–Crippen LogP) is 4.61. The van der Waals surface area contributed by atoms with Crippen LogP contribution in [0.25, 0.3) is 0 Å². The lowest BCUT2D eigenvalue weighted by atomic mass is 10.2. The average Bonchev–Trinajstić information content (AvgIpc) is 2.35. The van der Waals surface area contributed by atoms with Gasteiger partial charge in [-0.3, -0.25) is 4.79 Å². The molecule has 0 aliphatic rings. The van der Waals surface area contributed by atoms with Gasteiger partial charge in [-0.1, -0.05) is 24.3 Å². The standard InChI is InChI=1S/C14H11BrINO/c1-9-5-4-8-12(13(9)15)17-14(18)10-6-2-3-7-11(10)16/h2-8H,1H3,(H,17,18). The van der Waals surface area contributed by atoms with Crippen LogP contribution in [-0.4, -0.2) is 5.91 Å². The van der Waals surface area contributed by atoms with Crippen LogP contribution in [0, 0.1) is 10.5 Å². The van der Waals surface area contributed by atoms with E-state index in [9.17, 15) is 4.79 Å². The molecule has 2 aromatic rings. The summed E-state index contributed by atoms with van der Waals surface area (Å²) in [4.78, 5) is 12.2. The second-order valence-electron chi connectivity index (χ2n) is 3.87. The lowest BCUT2D eigenvalue weighted by Gasteiger charge is -2.10. The molecule has 0 aliphatic heterocycles. The van der Waals surface area contributed by atoms with Crippen LogP contribution in [0.4, 0.5) is 5.69 Å². The molecule has 4 heteroatoms. The molecule has 0 atom stereocenters. The summed E-state index contributed by atoms with van der Waals surface area (Å²) >= 11 is 5.64. The van der Waals surface area contributed by atoms with Gasteiger partial charge < -0.3 is 5.32 Å². The minimum absolute atomic E-state index is 0.0914. The molecule has 0 saturated heterocycles. The maximum absolute atomic E-state index is 12.2. The van der Waals surface area contributed by atoms with E-state index in [1.807, 2.05) is 49.4 Å². The fraction of sp³-hybridized carbons (Fsp3) is 0.0714. The number of carbonyl (C=O) groups is 1. The number of carbonyl (C=O) groups excluding carboxylic acids is 1. The monoisotopic (exact) mass is 415 g/mol. The zero-order valence-electron chi connectivity index (χ0n) is 9.71. The van der Waals surface area contributed by atoms with Gasteiger partial charge in [-0.25, -0.2) is 0 Å². The average molecular weight is 416 g/mol. The first-order valence-electron chi connectivity index (χ1n) is 5.40. The zero-order chi connectivity index (χ0) is 13.1. The van der Waals surface area contributed by atoms with Crippen molar-refractivity contribution in [2.24, 2.45) is 0 Å². The molecule has 2 rings (SSSR count). The van der Waals surface area contributed by atoms with Gasteiger partial charge in [0.1, 0.15) is 0 Å². The van der Waals surface area contributed by atoms with Gasteiger partial charge in [-0.15, -0.1) is 0 Å². The molecule has 0 bridgehead atoms. The van der Waals surface area contributed by atoms with Crippen molar-refractivity contribution in [1.29, 1.82) is 0 Å². The van der Waals surface area contributed by atoms with E-state index in [-0.39, 0.29) is 5.91 Å². The van der Waals surface area contributed by atoms with Crippen molar-refractivity contribution < 1.29 is 4.79 Å². The summed E-state index contributed by atoms with van der Waals surface area (Å²) in [6, 6.07) is 13.3. The van der Waals surface area contributed by atoms with Gasteiger partial charge in [0, 0.05) is 8.04 Å². The Bertz CT molecular complexity index is 598. The van der Waals surface area contributed by atoms with Crippen LogP contribution < -0.4 is 5.32 Å². The number of hydrogen-bond acceptors (Lipinski definition) is 1. The SMILES string of the molecule is Cc1cccc(NC(=O)c2ccccc2I)c1Br. The van der Waals surface area contributed by atoms with Crippen molar-refractivity contribution >= 4 is 50.1 Å². The molecule has 0 saturated carbocycles. The molecule has 1 amide bonds. The van der Waals surface area contributed by atoms with Crippen molar-refractivity contribution in [3.05, 3.63) is 61.6 Å². The van der Waals surface area contributed by atoms with E-state index >= 15 is 0 Å². The Hall–Kier alpha value is -0.880. The molecule has 1 N–H and O–H groups in total. The number of benzene rings is 2. The third kappa shape index (κ3) is 2.92. The summed E-state index contributed by atoms with van der Waals surface area (Å²) in [5, 5.41) is 2.92. The van der Waals surface area contributed by atoms with Crippen molar-refractivity contribution in [2.75, 3.05) is 5.32 Å². The van der Waals surface area contributed by atoms with E-state index in [0.29, 0.717) is 5.56 Å². The molecule has 0 aromatic heterocycles. The van der Waals surface area contributed by atoms with Gasteiger partial charge in [-0.2, -0.15) is 0 Å². The number of rotatable bonds is 2. The van der Waals surface area contributed by atoms with Crippen LogP contribution >= 0.6 is 38.5 Å². The van der Waals surface area contributed by atoms with Crippen LogP contribution in [0.2, 0.25) is 0 Å². The molecule has 0 fully saturated rings. The smallest absolute Gasteiger partial charge is 0.256 e. The van der Waals surface area contributed by atoms with Crippen LogP contribution in [-0.2, 0) is 0 Å². The molecular weight excluding hydrogens is 405 g/mol. The first kappa shape index (κ1) is 13.5. The molecule has 2 aromatic carbocycles. The summed E-state index contributed by atoms with van der Waals surface area (Å²) in [6.07, 6.45) is 0.